The first kappa shape index (κ1) is 97.1. The number of carbonyl (C=O) groups is 8. The van der Waals surface area contributed by atoms with Gasteiger partial charge in [0.2, 0.25) is 29.2 Å². The van der Waals surface area contributed by atoms with Gasteiger partial charge in [-0.2, -0.15) is 47.0 Å². The number of β-lactam (4-membered cyclic amide) rings is 4. The molecule has 3 aromatic heterocycles. The molecule has 34 nitrogen and oxygen atoms in total. The van der Waals surface area contributed by atoms with Gasteiger partial charge in [0, 0.05) is 68.3 Å². The molecule has 0 aliphatic carbocycles. The fourth-order valence-electron chi connectivity index (χ4n) is 9.04. The maximum absolute atomic E-state index is 13.0. The molecular formula is C53H78K3N13O21S10. The third-order valence-corrected chi connectivity index (χ3v) is 24.5. The first-order valence-electron chi connectivity index (χ1n) is 29.4. The summed E-state index contributed by atoms with van der Waals surface area (Å²) in [6.07, 6.45) is 6.69. The molecule has 0 spiro atoms. The number of aliphatic carboxylic acids is 1. The summed E-state index contributed by atoms with van der Waals surface area (Å²) in [5, 5.41) is 23.7. The molecule has 7 heterocycles. The molecule has 100 heavy (non-hydrogen) atoms. The molecule has 7 rings (SSSR count). The molecule has 544 valence electrons. The number of carboxylic acids is 1. The number of rotatable bonds is 36. The zero-order valence-electron chi connectivity index (χ0n) is 56.9. The molecule has 0 aromatic carbocycles. The Bertz CT molecular complexity index is 3610. The number of nitrogens with two attached hydrogens (primary N) is 3. The van der Waals surface area contributed by atoms with Gasteiger partial charge in [0.15, 0.2) is 80.8 Å². The maximum atomic E-state index is 13.0. The van der Waals surface area contributed by atoms with Crippen molar-refractivity contribution in [3.05, 3.63) is 33.2 Å². The van der Waals surface area contributed by atoms with E-state index in [0.29, 0.717) is 30.2 Å². The molecule has 4 aliphatic rings. The van der Waals surface area contributed by atoms with Crippen molar-refractivity contribution in [1.82, 2.24) is 33.2 Å². The summed E-state index contributed by atoms with van der Waals surface area (Å²) in [7, 11) is -12.3. The summed E-state index contributed by atoms with van der Waals surface area (Å²) in [6, 6.07) is -2.22. The SMILES string of the molecule is CCCSC[C@@H]1NC(=O)[C@H]1C.CCCSC[C@H]1[C@H](CC(=O)/C(=N\OC(C)(C)C(=O)O)c2cnc(N)s2)C(=O)N1S(=O)(=O)[O-].CCCSC[C@H]1[C@H](CC(=O)/C(=N\OC)c2cnc(N)s2)C(=O)N1S(=O)(=O)[O-].CCCSC[C@H]1[C@H](CC(=O)/C(=N\OC)c2cnc(N)s2)C(=O)N1S(=O)(=O)[O-].[HH].[K+].[K+].[K+]. The van der Waals surface area contributed by atoms with Crippen molar-refractivity contribution >= 4 is 191 Å². The first-order valence-corrected chi connectivity index (χ1v) is 40.6. The van der Waals surface area contributed by atoms with Gasteiger partial charge < -0.3 is 55.8 Å². The Morgan fingerprint density at radius 1 is 0.570 bits per heavy atom. The van der Waals surface area contributed by atoms with Crippen LogP contribution in [0.1, 0.15) is 109 Å². The summed E-state index contributed by atoms with van der Waals surface area (Å²) in [5.41, 5.74) is 14.6. The Balaban J connectivity index is 0.00000136. The van der Waals surface area contributed by atoms with E-state index in [-0.39, 0.29) is 239 Å². The molecule has 0 radical (unpaired) electrons. The standard InChI is InChI=1S/C17H24N4O8S3.2C14H20N4O6S3.C8H15NOS.3K.H2/c1-4-5-30-8-10-9(14(23)21(10)32(26,27)28)6-11(22)13(12-7-19-16(18)31-12)20-29-17(2,3)15(24)25;2*1-3-4-25-7-9-8(13(20)18(9)27(21,22)23)5-10(19)12(17-24-2)11-6-16-14(15)26-11;1-3-4-11-5-7-6(2)8(10)9-7;;;;/h7,9-10H,4-6,8H2,1-3H3,(H2,18,19)(H,24,25)(H,26,27,28);2*6,8-9H,3-5,7H2,1-2H3,(H2,15,16)(H,21,22,23);6-7H,3-5H2,1-2H3,(H,9,10);;;;1H/q;;;;3*+1;/p-3/b20-13+;2*17-12+;;;;;/t9-,10-;2*8-,9-;6-,7-;;;;/m0000..../s1. The van der Waals surface area contributed by atoms with E-state index in [4.69, 9.17) is 31.7 Å². The van der Waals surface area contributed by atoms with Crippen LogP contribution in [0.15, 0.2) is 34.1 Å². The Kier molecular flexibility index (Phi) is 44.5. The van der Waals surface area contributed by atoms with Crippen molar-refractivity contribution in [2.75, 3.05) is 77.4 Å². The second-order valence-electron chi connectivity index (χ2n) is 21.7. The summed E-state index contributed by atoms with van der Waals surface area (Å²) in [4.78, 5) is 124. The Morgan fingerprint density at radius 3 is 1.07 bits per heavy atom. The van der Waals surface area contributed by atoms with Crippen molar-refractivity contribution in [3.63, 3.8) is 0 Å². The van der Waals surface area contributed by atoms with Crippen LogP contribution in [-0.4, -0.2) is 226 Å². The second-order valence-corrected chi connectivity index (χ2v) is 33.2. The van der Waals surface area contributed by atoms with E-state index in [0.717, 1.165) is 70.5 Å². The molecule has 8 N–H and O–H groups in total. The van der Waals surface area contributed by atoms with Crippen LogP contribution in [-0.2, 0) is 83.8 Å². The fraction of sp³-hybridized carbons (Fsp3) is 0.623. The topological polar surface area (TPSA) is 532 Å². The average molecular weight is 1670 g/mol. The number of nitrogens with one attached hydrogen (secondary N) is 1. The quantitative estimate of drug-likeness (QED) is 0.00904. The molecule has 0 unspecified atom stereocenters. The van der Waals surface area contributed by atoms with Gasteiger partial charge in [-0.05, 0) is 62.5 Å². The van der Waals surface area contributed by atoms with Crippen molar-refractivity contribution in [1.29, 1.82) is 0 Å². The zero-order valence-corrected chi connectivity index (χ0v) is 74.4. The maximum Gasteiger partial charge on any atom is 1.00 e. The van der Waals surface area contributed by atoms with Crippen molar-refractivity contribution in [2.45, 2.75) is 123 Å². The molecule has 47 heteroatoms. The van der Waals surface area contributed by atoms with E-state index in [2.05, 4.69) is 42.7 Å². The first-order chi connectivity index (χ1) is 45.4. The molecular weight excluding hydrogens is 1590 g/mol. The molecule has 0 saturated carbocycles. The number of amides is 4. The Hall–Kier alpha value is -0.901. The normalized spacial score (nSPS) is 20.6. The number of thioether (sulfide) groups is 4. The van der Waals surface area contributed by atoms with Gasteiger partial charge in [-0.3, -0.25) is 33.6 Å². The average Bonchev–Trinajstić information content (AvgIpc) is 1.58. The molecule has 4 aliphatic heterocycles. The van der Waals surface area contributed by atoms with E-state index < -0.39 is 120 Å². The van der Waals surface area contributed by atoms with Gasteiger partial charge in [0.1, 0.15) is 14.2 Å². The summed E-state index contributed by atoms with van der Waals surface area (Å²) >= 11 is 9.09. The molecule has 4 saturated heterocycles. The van der Waals surface area contributed by atoms with Gasteiger partial charge in [0.05, 0.1) is 56.4 Å². The molecule has 0 bridgehead atoms. The summed E-state index contributed by atoms with van der Waals surface area (Å²) in [5.74, 6) is -3.04. The van der Waals surface area contributed by atoms with Crippen LogP contribution < -0.4 is 177 Å². The van der Waals surface area contributed by atoms with E-state index >= 15 is 0 Å². The largest absolute Gasteiger partial charge is 1.00 e. The van der Waals surface area contributed by atoms with Crippen LogP contribution in [0, 0.1) is 23.7 Å². The zero-order chi connectivity index (χ0) is 72.9. The minimum absolute atomic E-state index is 0. The van der Waals surface area contributed by atoms with Crippen LogP contribution >= 0.6 is 81.1 Å². The fourth-order valence-corrected chi connectivity index (χ4v) is 18.4. The number of ketones is 3. The number of anilines is 3. The van der Waals surface area contributed by atoms with E-state index in [9.17, 15) is 82.4 Å². The third kappa shape index (κ3) is 28.3. The van der Waals surface area contributed by atoms with E-state index in [1.807, 2.05) is 39.5 Å². The predicted octanol–water partition coefficient (Wildman–Crippen LogP) is -5.85. The van der Waals surface area contributed by atoms with Crippen LogP contribution in [0.25, 0.3) is 0 Å². The van der Waals surface area contributed by atoms with Crippen molar-refractivity contribution < 1.29 is 252 Å². The Morgan fingerprint density at radius 2 is 0.850 bits per heavy atom. The Labute approximate surface area is 738 Å². The number of carbonyl (C=O) groups excluding carboxylic acids is 7. The second kappa shape index (κ2) is 45.8. The van der Waals surface area contributed by atoms with Gasteiger partial charge >= 0.3 is 160 Å². The summed E-state index contributed by atoms with van der Waals surface area (Å²) < 4.78 is 103. The number of aromatic nitrogens is 3. The van der Waals surface area contributed by atoms with Crippen molar-refractivity contribution in [3.8, 4) is 0 Å². The number of nitrogen functional groups attached to an aromatic ring is 3. The van der Waals surface area contributed by atoms with Crippen LogP contribution in [0.2, 0.25) is 0 Å². The van der Waals surface area contributed by atoms with Crippen LogP contribution in [0.5, 0.6) is 0 Å². The predicted molar refractivity (Wildman–Crippen MR) is 370 cm³/mol. The van der Waals surface area contributed by atoms with Gasteiger partial charge in [-0.25, -0.2) is 57.9 Å². The van der Waals surface area contributed by atoms with Gasteiger partial charge in [-0.15, -0.1) is 0 Å². The number of oxime groups is 3. The minimum Gasteiger partial charge on any atom is -0.731 e. The van der Waals surface area contributed by atoms with Gasteiger partial charge in [0.25, 0.3) is 0 Å². The minimum atomic E-state index is -5.01. The van der Waals surface area contributed by atoms with Gasteiger partial charge in [-0.1, -0.05) is 84.1 Å². The number of nitrogens with zero attached hydrogens (tertiary/aromatic N) is 9. The van der Waals surface area contributed by atoms with E-state index in [1.165, 1.54) is 94.1 Å². The number of hydrogen-bond donors (Lipinski definition) is 5. The summed E-state index contributed by atoms with van der Waals surface area (Å²) in [6.45, 7) is 12.5. The van der Waals surface area contributed by atoms with Crippen molar-refractivity contribution in [2.24, 2.45) is 39.1 Å². The number of carboxylic acid groups (broad SMARTS) is 1. The number of thiazole rings is 3. The monoisotopic (exact) mass is 1670 g/mol. The van der Waals surface area contributed by atoms with Crippen LogP contribution in [0.4, 0.5) is 15.4 Å². The van der Waals surface area contributed by atoms with Crippen LogP contribution in [0.3, 0.4) is 0 Å². The van der Waals surface area contributed by atoms with E-state index in [1.54, 1.807) is 0 Å². The third-order valence-electron chi connectivity index (χ3n) is 14.0. The smallest absolute Gasteiger partial charge is 0.731 e. The number of Topliss-reactive ketones (excluding diaryl/α,β-unsaturated/α-hetero) is 3. The molecule has 4 fully saturated rings. The molecule has 8 atom stereocenters. The molecule has 3 aromatic rings. The number of hydrogen-bond acceptors (Lipinski definition) is 36. The molecule has 4 amide bonds.